The van der Waals surface area contributed by atoms with E-state index in [2.05, 4.69) is 49.0 Å². The van der Waals surface area contributed by atoms with Crippen molar-refractivity contribution in [2.24, 2.45) is 34.5 Å². The second kappa shape index (κ2) is 6.37. The summed E-state index contributed by atoms with van der Waals surface area (Å²) in [5, 5.41) is 0. The number of fused-ring (bicyclic) bond motifs is 5. The highest BCUT2D eigenvalue weighted by atomic mass is 16.1. The number of aromatic nitrogens is 2. The molecule has 0 aliphatic heterocycles. The van der Waals surface area contributed by atoms with E-state index in [1.54, 1.807) is 6.33 Å². The summed E-state index contributed by atoms with van der Waals surface area (Å²) in [5.41, 5.74) is 4.50. The minimum Gasteiger partial charge on any atom is -0.299 e. The summed E-state index contributed by atoms with van der Waals surface area (Å²) in [6.07, 6.45) is 16.0. The van der Waals surface area contributed by atoms with Gasteiger partial charge in [0.2, 0.25) is 0 Å². The fourth-order valence-corrected chi connectivity index (χ4v) is 7.45. The molecule has 5 rings (SSSR count). The van der Waals surface area contributed by atoms with Gasteiger partial charge >= 0.3 is 0 Å². The van der Waals surface area contributed by atoms with Gasteiger partial charge in [-0.05, 0) is 78.2 Å². The molecule has 3 heteroatoms. The monoisotopic (exact) mass is 376 g/mol. The van der Waals surface area contributed by atoms with Gasteiger partial charge in [-0.15, -0.1) is 0 Å². The Balaban J connectivity index is 1.54. The molecule has 0 radical (unpaired) electrons. The van der Waals surface area contributed by atoms with Gasteiger partial charge < -0.3 is 0 Å². The number of nitrogens with zero attached hydrogens (tertiary/aromatic N) is 2. The smallest absolute Gasteiger partial charge is 0.136 e. The molecule has 0 unspecified atom stereocenters. The third-order valence-electron chi connectivity index (χ3n) is 9.02. The van der Waals surface area contributed by atoms with Crippen LogP contribution in [0.5, 0.6) is 0 Å². The maximum Gasteiger partial charge on any atom is 0.136 e. The molecule has 0 N–H and O–H groups in total. The second-order valence-corrected chi connectivity index (χ2v) is 10.1. The molecule has 4 aliphatic rings. The summed E-state index contributed by atoms with van der Waals surface area (Å²) in [6.45, 7) is 7.31. The van der Waals surface area contributed by atoms with E-state index >= 15 is 0 Å². The fourth-order valence-electron chi connectivity index (χ4n) is 7.45. The molecular weight excluding hydrogens is 344 g/mol. The third-order valence-corrected chi connectivity index (χ3v) is 9.02. The predicted molar refractivity (Wildman–Crippen MR) is 111 cm³/mol. The molecule has 3 nitrogen and oxygen atoms in total. The predicted octanol–water partition coefficient (Wildman–Crippen LogP) is 5.64. The van der Waals surface area contributed by atoms with E-state index in [0.29, 0.717) is 24.0 Å². The number of hydrogen-bond acceptors (Lipinski definition) is 3. The van der Waals surface area contributed by atoms with Crippen LogP contribution in [-0.2, 0) is 4.79 Å². The first-order valence-electron chi connectivity index (χ1n) is 11.2. The van der Waals surface area contributed by atoms with Crippen LogP contribution in [-0.4, -0.2) is 15.8 Å². The van der Waals surface area contributed by atoms with Crippen LogP contribution in [0.2, 0.25) is 0 Å². The summed E-state index contributed by atoms with van der Waals surface area (Å²) in [6, 6.07) is 2.08. The molecule has 6 atom stereocenters. The van der Waals surface area contributed by atoms with Crippen LogP contribution in [0, 0.1) is 34.5 Å². The van der Waals surface area contributed by atoms with Crippen LogP contribution in [0.25, 0.3) is 5.57 Å². The van der Waals surface area contributed by atoms with Crippen LogP contribution in [0.3, 0.4) is 0 Å². The lowest BCUT2D eigenvalue weighted by atomic mass is 9.45. The van der Waals surface area contributed by atoms with Crippen LogP contribution in [0.15, 0.2) is 36.3 Å². The molecule has 1 heterocycles. The summed E-state index contributed by atoms with van der Waals surface area (Å²) < 4.78 is 0. The van der Waals surface area contributed by atoms with Gasteiger partial charge in [0.1, 0.15) is 12.1 Å². The Morgan fingerprint density at radius 3 is 2.79 bits per heavy atom. The van der Waals surface area contributed by atoms with Gasteiger partial charge in [0.25, 0.3) is 0 Å². The van der Waals surface area contributed by atoms with Crippen molar-refractivity contribution >= 4 is 11.4 Å². The summed E-state index contributed by atoms with van der Waals surface area (Å²) in [7, 11) is 0. The van der Waals surface area contributed by atoms with Crippen LogP contribution in [0.1, 0.15) is 71.4 Å². The molecule has 0 aromatic carbocycles. The van der Waals surface area contributed by atoms with E-state index in [1.807, 2.05) is 6.20 Å². The van der Waals surface area contributed by atoms with Crippen molar-refractivity contribution in [3.05, 3.63) is 42.0 Å². The zero-order valence-electron chi connectivity index (χ0n) is 17.4. The molecular formula is C25H32N2O. The first kappa shape index (κ1) is 18.3. The molecule has 1 aromatic rings. The number of carbonyl (C=O) groups excluding carboxylic acids is 1. The molecule has 1 aromatic heterocycles. The Hall–Kier alpha value is -1.77. The minimum atomic E-state index is 0.217. The van der Waals surface area contributed by atoms with Gasteiger partial charge in [-0.3, -0.25) is 4.79 Å². The summed E-state index contributed by atoms with van der Waals surface area (Å²) in [5.74, 6) is 3.20. The van der Waals surface area contributed by atoms with E-state index in [9.17, 15) is 4.79 Å². The van der Waals surface area contributed by atoms with Crippen molar-refractivity contribution < 1.29 is 4.79 Å². The first-order valence-corrected chi connectivity index (χ1v) is 11.2. The second-order valence-electron chi connectivity index (χ2n) is 10.1. The number of allylic oxidation sites excluding steroid dienone is 4. The Morgan fingerprint density at radius 2 is 2.04 bits per heavy atom. The number of hydrogen-bond donors (Lipinski definition) is 0. The SMILES string of the molecule is CC[C@H]1C=C2CC(=O)CC[C@]2(C)[C@H]2CC[C@]3(C)C(c4ccncn4)=CC[C@H]3[C@H]12. The molecule has 28 heavy (non-hydrogen) atoms. The van der Waals surface area contributed by atoms with E-state index in [0.717, 1.165) is 30.4 Å². The molecule has 0 spiro atoms. The molecule has 0 bridgehead atoms. The summed E-state index contributed by atoms with van der Waals surface area (Å²) in [4.78, 5) is 20.9. The molecule has 148 valence electrons. The lowest BCUT2D eigenvalue weighted by molar-refractivity contribution is -0.122. The third kappa shape index (κ3) is 2.44. The van der Waals surface area contributed by atoms with Gasteiger partial charge in [-0.1, -0.05) is 38.5 Å². The van der Waals surface area contributed by atoms with Crippen molar-refractivity contribution in [2.45, 2.75) is 65.7 Å². The van der Waals surface area contributed by atoms with Crippen LogP contribution in [0.4, 0.5) is 0 Å². The Bertz CT molecular complexity index is 857. The van der Waals surface area contributed by atoms with E-state index in [-0.39, 0.29) is 10.8 Å². The van der Waals surface area contributed by atoms with Crippen molar-refractivity contribution in [1.29, 1.82) is 0 Å². The highest BCUT2D eigenvalue weighted by Gasteiger charge is 2.58. The van der Waals surface area contributed by atoms with Gasteiger partial charge in [-0.2, -0.15) is 0 Å². The van der Waals surface area contributed by atoms with Crippen LogP contribution >= 0.6 is 0 Å². The number of ketones is 1. The van der Waals surface area contributed by atoms with Gasteiger partial charge in [0.15, 0.2) is 0 Å². The summed E-state index contributed by atoms with van der Waals surface area (Å²) >= 11 is 0. The lowest BCUT2D eigenvalue weighted by Gasteiger charge is -2.59. The highest BCUT2D eigenvalue weighted by Crippen LogP contribution is 2.67. The zero-order chi connectivity index (χ0) is 19.5. The maximum absolute atomic E-state index is 12.2. The average molecular weight is 377 g/mol. The Kier molecular flexibility index (Phi) is 4.16. The molecule has 0 amide bonds. The quantitative estimate of drug-likeness (QED) is 0.628. The maximum atomic E-state index is 12.2. The largest absolute Gasteiger partial charge is 0.299 e. The van der Waals surface area contributed by atoms with Gasteiger partial charge in [-0.25, -0.2) is 9.97 Å². The number of rotatable bonds is 2. The van der Waals surface area contributed by atoms with E-state index in [4.69, 9.17) is 0 Å². The van der Waals surface area contributed by atoms with Gasteiger partial charge in [0, 0.05) is 19.0 Å². The average Bonchev–Trinajstić information content (AvgIpc) is 3.06. The lowest BCUT2D eigenvalue weighted by Crippen LogP contribution is -2.52. The minimum absolute atomic E-state index is 0.217. The van der Waals surface area contributed by atoms with Crippen LogP contribution < -0.4 is 0 Å². The van der Waals surface area contributed by atoms with Gasteiger partial charge in [0.05, 0.1) is 5.69 Å². The fraction of sp³-hybridized carbons (Fsp3) is 0.640. The molecule has 0 saturated heterocycles. The topological polar surface area (TPSA) is 42.9 Å². The number of carbonyl (C=O) groups is 1. The van der Waals surface area contributed by atoms with E-state index in [1.165, 1.54) is 36.8 Å². The van der Waals surface area contributed by atoms with Crippen molar-refractivity contribution in [1.82, 2.24) is 9.97 Å². The highest BCUT2D eigenvalue weighted by molar-refractivity contribution is 5.82. The first-order chi connectivity index (χ1) is 13.5. The molecule has 2 fully saturated rings. The Labute approximate surface area is 168 Å². The molecule has 2 saturated carbocycles. The molecule has 4 aliphatic carbocycles. The normalized spacial score (nSPS) is 42.2. The number of Topliss-reactive ketones (excluding diaryl/α,β-unsaturated/α-hetero) is 1. The van der Waals surface area contributed by atoms with Crippen molar-refractivity contribution in [3.8, 4) is 0 Å². The van der Waals surface area contributed by atoms with Crippen molar-refractivity contribution in [3.63, 3.8) is 0 Å². The Morgan fingerprint density at radius 1 is 1.18 bits per heavy atom. The van der Waals surface area contributed by atoms with Crippen molar-refractivity contribution in [2.75, 3.05) is 0 Å². The standard InChI is InChI=1S/C25H32N2O/c1-4-16-13-17-14-18(28)7-10-24(17,2)21-8-11-25(3)19(5-6-20(25)23(16)21)22-9-12-26-15-27-22/h5,9,12-13,15-16,20-21,23H,4,6-8,10-11,14H2,1-3H3/t16-,20-,21-,23-,24-,25+/m0/s1. The zero-order valence-corrected chi connectivity index (χ0v) is 17.4. The van der Waals surface area contributed by atoms with E-state index < -0.39 is 0 Å².